The van der Waals surface area contributed by atoms with E-state index < -0.39 is 23.3 Å². The van der Waals surface area contributed by atoms with E-state index in [4.69, 9.17) is 4.74 Å². The van der Waals surface area contributed by atoms with Gasteiger partial charge in [0.05, 0.1) is 12.7 Å². The Morgan fingerprint density at radius 3 is 2.73 bits per heavy atom. The van der Waals surface area contributed by atoms with Gasteiger partial charge in [-0.15, -0.1) is 0 Å². The van der Waals surface area contributed by atoms with Gasteiger partial charge in [-0.05, 0) is 25.0 Å². The number of nitrogens with one attached hydrogen (secondary N) is 1. The standard InChI is InChI=1S/C17H20N2O3/c1-4-22-16(21)17(10-18)12(3)14(9-20)15(19-17)13-8-6-5-7-11(13)2/h5-9,12,14-15,19H,4H2,1-3H3/t12-,14-,15-,17-/m1/s1. The van der Waals surface area contributed by atoms with Crippen LogP contribution in [0.2, 0.25) is 0 Å². The highest BCUT2D eigenvalue weighted by molar-refractivity contribution is 5.87. The number of hydrogen-bond donors (Lipinski definition) is 1. The van der Waals surface area contributed by atoms with Crippen molar-refractivity contribution in [2.75, 3.05) is 6.61 Å². The average Bonchev–Trinajstić information content (AvgIpc) is 2.81. The van der Waals surface area contributed by atoms with E-state index in [-0.39, 0.29) is 12.6 Å². The quantitative estimate of drug-likeness (QED) is 0.679. The summed E-state index contributed by atoms with van der Waals surface area (Å²) >= 11 is 0. The van der Waals surface area contributed by atoms with Crippen LogP contribution < -0.4 is 5.32 Å². The number of benzene rings is 1. The summed E-state index contributed by atoms with van der Waals surface area (Å²) in [6.45, 7) is 5.57. The summed E-state index contributed by atoms with van der Waals surface area (Å²) in [5, 5.41) is 12.7. The Kier molecular flexibility index (Phi) is 4.62. The Bertz CT molecular complexity index is 623. The van der Waals surface area contributed by atoms with Gasteiger partial charge in [0.1, 0.15) is 6.29 Å². The fourth-order valence-corrected chi connectivity index (χ4v) is 3.14. The normalized spacial score (nSPS) is 30.5. The topological polar surface area (TPSA) is 79.2 Å². The largest absolute Gasteiger partial charge is 0.464 e. The second-order valence-electron chi connectivity index (χ2n) is 5.62. The molecular formula is C17H20N2O3. The molecule has 0 radical (unpaired) electrons. The molecule has 1 aliphatic heterocycles. The number of rotatable bonds is 4. The molecule has 0 saturated carbocycles. The lowest BCUT2D eigenvalue weighted by Gasteiger charge is -2.24. The van der Waals surface area contributed by atoms with Crippen molar-refractivity contribution in [3.63, 3.8) is 0 Å². The first kappa shape index (κ1) is 16.2. The van der Waals surface area contributed by atoms with E-state index in [0.29, 0.717) is 0 Å². The van der Waals surface area contributed by atoms with E-state index in [1.165, 1.54) is 0 Å². The molecule has 1 aromatic carbocycles. The van der Waals surface area contributed by atoms with Crippen LogP contribution in [0.15, 0.2) is 24.3 Å². The zero-order valence-electron chi connectivity index (χ0n) is 13.0. The fraction of sp³-hybridized carbons (Fsp3) is 0.471. The first-order chi connectivity index (χ1) is 10.5. The molecular weight excluding hydrogens is 280 g/mol. The summed E-state index contributed by atoms with van der Waals surface area (Å²) in [5.74, 6) is -1.56. The molecule has 5 heteroatoms. The predicted octanol–water partition coefficient (Wildman–Crippen LogP) is 1.92. The first-order valence-electron chi connectivity index (χ1n) is 7.38. The minimum Gasteiger partial charge on any atom is -0.464 e. The molecule has 22 heavy (non-hydrogen) atoms. The summed E-state index contributed by atoms with van der Waals surface area (Å²) in [6.07, 6.45) is 0.826. The van der Waals surface area contributed by atoms with Crippen molar-refractivity contribution in [1.29, 1.82) is 5.26 Å². The maximum atomic E-state index is 12.3. The zero-order chi connectivity index (χ0) is 16.3. The number of ether oxygens (including phenoxy) is 1. The maximum Gasteiger partial charge on any atom is 0.341 e. The van der Waals surface area contributed by atoms with E-state index in [9.17, 15) is 14.9 Å². The minimum absolute atomic E-state index is 0.192. The van der Waals surface area contributed by atoms with E-state index in [1.807, 2.05) is 31.2 Å². The number of carbonyl (C=O) groups is 2. The van der Waals surface area contributed by atoms with Gasteiger partial charge in [0.25, 0.3) is 0 Å². The third kappa shape index (κ3) is 2.40. The monoisotopic (exact) mass is 300 g/mol. The summed E-state index contributed by atoms with van der Waals surface area (Å²) in [6, 6.07) is 9.32. The minimum atomic E-state index is -1.49. The second kappa shape index (κ2) is 6.29. The van der Waals surface area contributed by atoms with Gasteiger partial charge in [0.2, 0.25) is 5.54 Å². The van der Waals surface area contributed by atoms with Crippen molar-refractivity contribution in [1.82, 2.24) is 5.32 Å². The van der Waals surface area contributed by atoms with Crippen LogP contribution in [0.5, 0.6) is 0 Å². The van der Waals surface area contributed by atoms with Gasteiger partial charge in [-0.25, -0.2) is 4.79 Å². The fourth-order valence-electron chi connectivity index (χ4n) is 3.14. The molecule has 0 aliphatic carbocycles. The molecule has 1 N–H and O–H groups in total. The molecule has 0 spiro atoms. The van der Waals surface area contributed by atoms with Crippen molar-refractivity contribution >= 4 is 12.3 Å². The molecule has 1 aromatic rings. The number of hydrogen-bond acceptors (Lipinski definition) is 5. The number of aldehydes is 1. The van der Waals surface area contributed by atoms with Gasteiger partial charge in [0.15, 0.2) is 0 Å². The van der Waals surface area contributed by atoms with Crippen molar-refractivity contribution < 1.29 is 14.3 Å². The number of nitriles is 1. The van der Waals surface area contributed by atoms with Crippen LogP contribution >= 0.6 is 0 Å². The molecule has 5 nitrogen and oxygen atoms in total. The number of carbonyl (C=O) groups excluding carboxylic acids is 2. The molecule has 1 saturated heterocycles. The molecule has 0 amide bonds. The van der Waals surface area contributed by atoms with Gasteiger partial charge < -0.3 is 9.53 Å². The van der Waals surface area contributed by atoms with E-state index in [0.717, 1.165) is 17.4 Å². The highest BCUT2D eigenvalue weighted by Gasteiger charge is 2.57. The van der Waals surface area contributed by atoms with Crippen molar-refractivity contribution in [3.8, 4) is 6.07 Å². The van der Waals surface area contributed by atoms with Gasteiger partial charge in [0, 0.05) is 17.9 Å². The molecule has 4 atom stereocenters. The van der Waals surface area contributed by atoms with Crippen molar-refractivity contribution in [3.05, 3.63) is 35.4 Å². The molecule has 1 aliphatic rings. The van der Waals surface area contributed by atoms with E-state index in [1.54, 1.807) is 13.8 Å². The lowest BCUT2D eigenvalue weighted by Crippen LogP contribution is -2.51. The van der Waals surface area contributed by atoms with Crippen LogP contribution in [-0.4, -0.2) is 24.4 Å². The maximum absolute atomic E-state index is 12.3. The van der Waals surface area contributed by atoms with Crippen LogP contribution in [0.3, 0.4) is 0 Å². The Hall–Kier alpha value is -2.19. The summed E-state index contributed by atoms with van der Waals surface area (Å²) in [4.78, 5) is 23.9. The Labute approximate surface area is 130 Å². The number of nitrogens with zero attached hydrogens (tertiary/aromatic N) is 1. The molecule has 0 bridgehead atoms. The number of esters is 1. The smallest absolute Gasteiger partial charge is 0.341 e. The SMILES string of the molecule is CCOC(=O)[C@]1(C#N)N[C@H](c2ccccc2C)[C@H](C=O)[C@H]1C. The summed E-state index contributed by atoms with van der Waals surface area (Å²) in [7, 11) is 0. The molecule has 0 aromatic heterocycles. The molecule has 116 valence electrons. The van der Waals surface area contributed by atoms with Crippen LogP contribution in [0, 0.1) is 30.1 Å². The van der Waals surface area contributed by atoms with Gasteiger partial charge in [-0.3, -0.25) is 5.32 Å². The Morgan fingerprint density at radius 2 is 2.18 bits per heavy atom. The third-order valence-corrected chi connectivity index (χ3v) is 4.48. The zero-order valence-corrected chi connectivity index (χ0v) is 13.0. The lowest BCUT2D eigenvalue weighted by molar-refractivity contribution is -0.149. The highest BCUT2D eigenvalue weighted by atomic mass is 16.5. The van der Waals surface area contributed by atoms with Crippen molar-refractivity contribution in [2.45, 2.75) is 32.4 Å². The highest BCUT2D eigenvalue weighted by Crippen LogP contribution is 2.43. The van der Waals surface area contributed by atoms with Gasteiger partial charge in [-0.1, -0.05) is 31.2 Å². The van der Waals surface area contributed by atoms with E-state index in [2.05, 4.69) is 11.4 Å². The molecule has 1 fully saturated rings. The van der Waals surface area contributed by atoms with Gasteiger partial charge in [-0.2, -0.15) is 5.26 Å². The van der Waals surface area contributed by atoms with E-state index >= 15 is 0 Å². The average molecular weight is 300 g/mol. The van der Waals surface area contributed by atoms with Crippen molar-refractivity contribution in [2.24, 2.45) is 11.8 Å². The first-order valence-corrected chi connectivity index (χ1v) is 7.38. The predicted molar refractivity (Wildman–Crippen MR) is 80.8 cm³/mol. The second-order valence-corrected chi connectivity index (χ2v) is 5.62. The molecule has 0 unspecified atom stereocenters. The number of aryl methyl sites for hydroxylation is 1. The third-order valence-electron chi connectivity index (χ3n) is 4.48. The van der Waals surface area contributed by atoms with Crippen LogP contribution in [0.25, 0.3) is 0 Å². The lowest BCUT2D eigenvalue weighted by atomic mass is 9.80. The summed E-state index contributed by atoms with van der Waals surface area (Å²) in [5.41, 5.74) is 0.443. The van der Waals surface area contributed by atoms with Gasteiger partial charge >= 0.3 is 5.97 Å². The Morgan fingerprint density at radius 1 is 1.50 bits per heavy atom. The van der Waals surface area contributed by atoms with Crippen LogP contribution in [0.4, 0.5) is 0 Å². The van der Waals surface area contributed by atoms with Crippen LogP contribution in [-0.2, 0) is 14.3 Å². The summed E-state index contributed by atoms with van der Waals surface area (Å²) < 4.78 is 5.06. The Balaban J connectivity index is 2.47. The molecule has 1 heterocycles. The van der Waals surface area contributed by atoms with Crippen LogP contribution in [0.1, 0.15) is 31.0 Å². The molecule has 2 rings (SSSR count).